The lowest BCUT2D eigenvalue weighted by atomic mass is 10.4. The zero-order valence-corrected chi connectivity index (χ0v) is 9.04. The van der Waals surface area contributed by atoms with E-state index >= 15 is 0 Å². The highest BCUT2D eigenvalue weighted by molar-refractivity contribution is 7.98. The Kier molecular flexibility index (Phi) is 2.87. The highest BCUT2D eigenvalue weighted by atomic mass is 32.2. The molecule has 0 atom stereocenters. The van der Waals surface area contributed by atoms with Crippen molar-refractivity contribution < 1.29 is 12.8 Å². The van der Waals surface area contributed by atoms with Gasteiger partial charge in [0.25, 0.3) is 0 Å². The van der Waals surface area contributed by atoms with Crippen molar-refractivity contribution in [3.63, 3.8) is 0 Å². The summed E-state index contributed by atoms with van der Waals surface area (Å²) in [4.78, 5) is 0.787. The maximum Gasteiger partial charge on any atom is 0.219 e. The molecule has 0 unspecified atom stereocenters. The normalized spacial score (nSPS) is 11.5. The third-order valence-electron chi connectivity index (χ3n) is 1.47. The minimum atomic E-state index is -3.25. The highest BCUT2D eigenvalue weighted by Crippen LogP contribution is 2.27. The minimum Gasteiger partial charge on any atom is -0.444 e. The largest absolute Gasteiger partial charge is 0.444 e. The molecule has 0 fully saturated rings. The quantitative estimate of drug-likeness (QED) is 0.728. The molecule has 1 aromatic rings. The Bertz CT molecular complexity index is 415. The van der Waals surface area contributed by atoms with Gasteiger partial charge in [-0.1, -0.05) is 6.58 Å². The van der Waals surface area contributed by atoms with Crippen molar-refractivity contribution in [3.8, 4) is 0 Å². The van der Waals surface area contributed by atoms with Gasteiger partial charge in [0.2, 0.25) is 14.9 Å². The van der Waals surface area contributed by atoms with Gasteiger partial charge < -0.3 is 4.42 Å². The Morgan fingerprint density at radius 3 is 2.54 bits per heavy atom. The molecule has 0 aliphatic heterocycles. The zero-order valence-electron chi connectivity index (χ0n) is 7.40. The predicted octanol–water partition coefficient (Wildman–Crippen LogP) is 2.05. The van der Waals surface area contributed by atoms with E-state index in [1.54, 1.807) is 0 Å². The van der Waals surface area contributed by atoms with Crippen molar-refractivity contribution in [1.82, 2.24) is 0 Å². The van der Waals surface area contributed by atoms with E-state index in [9.17, 15) is 8.42 Å². The lowest BCUT2D eigenvalue weighted by Gasteiger charge is -1.89. The second-order valence-electron chi connectivity index (χ2n) is 2.47. The lowest BCUT2D eigenvalue weighted by Crippen LogP contribution is -1.93. The van der Waals surface area contributed by atoms with Crippen LogP contribution in [0.15, 0.2) is 27.1 Å². The van der Waals surface area contributed by atoms with Gasteiger partial charge in [-0.3, -0.25) is 0 Å². The molecule has 0 amide bonds. The van der Waals surface area contributed by atoms with Crippen LogP contribution in [0.2, 0.25) is 0 Å². The number of hydrogen-bond donors (Lipinski definition) is 0. The van der Waals surface area contributed by atoms with Gasteiger partial charge in [0.05, 0.1) is 4.90 Å². The summed E-state index contributed by atoms with van der Waals surface area (Å²) in [5, 5.41) is -0.00764. The van der Waals surface area contributed by atoms with E-state index in [-0.39, 0.29) is 5.09 Å². The van der Waals surface area contributed by atoms with Crippen LogP contribution in [0.4, 0.5) is 0 Å². The summed E-state index contributed by atoms with van der Waals surface area (Å²) in [7, 11) is -3.25. The van der Waals surface area contributed by atoms with Crippen LogP contribution in [-0.4, -0.2) is 20.9 Å². The minimum absolute atomic E-state index is 0.00764. The number of sulfone groups is 1. The van der Waals surface area contributed by atoms with Crippen LogP contribution >= 0.6 is 11.8 Å². The van der Waals surface area contributed by atoms with Gasteiger partial charge in [0.15, 0.2) is 0 Å². The molecule has 0 aliphatic carbocycles. The Balaban J connectivity index is 3.30. The molecule has 0 N–H and O–H groups in total. The second-order valence-corrected chi connectivity index (χ2v) is 5.27. The summed E-state index contributed by atoms with van der Waals surface area (Å²) in [6.07, 6.45) is 4.47. The second kappa shape index (κ2) is 3.59. The van der Waals surface area contributed by atoms with Gasteiger partial charge in [-0.15, -0.1) is 11.8 Å². The van der Waals surface area contributed by atoms with Gasteiger partial charge in [-0.05, 0) is 12.3 Å². The van der Waals surface area contributed by atoms with E-state index in [0.717, 1.165) is 11.2 Å². The number of thioether (sulfide) groups is 1. The zero-order chi connectivity index (χ0) is 10.1. The van der Waals surface area contributed by atoms with Crippen LogP contribution in [0.1, 0.15) is 5.76 Å². The van der Waals surface area contributed by atoms with E-state index in [0.29, 0.717) is 5.76 Å². The summed E-state index contributed by atoms with van der Waals surface area (Å²) in [6.45, 7) is 3.53. The smallest absolute Gasteiger partial charge is 0.219 e. The van der Waals surface area contributed by atoms with Crippen LogP contribution in [0.25, 0.3) is 6.08 Å². The Morgan fingerprint density at radius 1 is 1.62 bits per heavy atom. The molecule has 1 aromatic heterocycles. The van der Waals surface area contributed by atoms with Crippen LogP contribution < -0.4 is 0 Å². The molecule has 1 rings (SSSR count). The molecule has 1 heterocycles. The van der Waals surface area contributed by atoms with Crippen LogP contribution in [0, 0.1) is 0 Å². The van der Waals surface area contributed by atoms with Crippen molar-refractivity contribution in [2.45, 2.75) is 9.99 Å². The first kappa shape index (κ1) is 10.4. The average Bonchev–Trinajstić information content (AvgIpc) is 2.45. The summed E-state index contributed by atoms with van der Waals surface area (Å²) in [5.74, 6) is 0.507. The topological polar surface area (TPSA) is 47.3 Å². The van der Waals surface area contributed by atoms with Crippen LogP contribution in [-0.2, 0) is 9.84 Å². The van der Waals surface area contributed by atoms with E-state index < -0.39 is 9.84 Å². The van der Waals surface area contributed by atoms with E-state index in [2.05, 4.69) is 6.58 Å². The first-order valence-electron chi connectivity index (χ1n) is 3.49. The molecule has 0 aliphatic rings. The number of furan rings is 1. The van der Waals surface area contributed by atoms with Crippen LogP contribution in [0.3, 0.4) is 0 Å². The molecule has 5 heteroatoms. The van der Waals surface area contributed by atoms with Crippen molar-refractivity contribution in [2.75, 3.05) is 12.5 Å². The third-order valence-corrected chi connectivity index (χ3v) is 3.16. The maximum absolute atomic E-state index is 11.1. The summed E-state index contributed by atoms with van der Waals surface area (Å²) < 4.78 is 27.3. The maximum atomic E-state index is 11.1. The van der Waals surface area contributed by atoms with Crippen molar-refractivity contribution in [1.29, 1.82) is 0 Å². The first-order chi connectivity index (χ1) is 5.99. The Hall–Kier alpha value is -0.680. The molecule has 0 radical (unpaired) electrons. The molecule has 0 saturated carbocycles. The molecular weight excluding hydrogens is 208 g/mol. The van der Waals surface area contributed by atoms with Crippen molar-refractivity contribution in [2.24, 2.45) is 0 Å². The lowest BCUT2D eigenvalue weighted by molar-refractivity contribution is 0.443. The standard InChI is InChI=1S/C8H10O3S2/c1-4-6-7(12-2)5-8(11-6)13(3,9)10/h4-5H,1H2,2-3H3. The highest BCUT2D eigenvalue weighted by Gasteiger charge is 2.15. The third kappa shape index (κ3) is 2.16. The number of hydrogen-bond acceptors (Lipinski definition) is 4. The SMILES string of the molecule is C=Cc1oc(S(C)(=O)=O)cc1SC. The van der Waals surface area contributed by atoms with E-state index in [1.807, 2.05) is 6.26 Å². The summed E-state index contributed by atoms with van der Waals surface area (Å²) >= 11 is 1.43. The Morgan fingerprint density at radius 2 is 2.23 bits per heavy atom. The summed E-state index contributed by atoms with van der Waals surface area (Å²) in [6, 6.07) is 1.51. The first-order valence-corrected chi connectivity index (χ1v) is 6.61. The van der Waals surface area contributed by atoms with E-state index in [4.69, 9.17) is 4.42 Å². The van der Waals surface area contributed by atoms with Gasteiger partial charge in [0.1, 0.15) is 5.76 Å². The average molecular weight is 218 g/mol. The Labute approximate surface area is 81.7 Å². The molecule has 72 valence electrons. The summed E-state index contributed by atoms with van der Waals surface area (Å²) in [5.41, 5.74) is 0. The fourth-order valence-corrected chi connectivity index (χ4v) is 2.05. The predicted molar refractivity (Wildman–Crippen MR) is 53.7 cm³/mol. The van der Waals surface area contributed by atoms with Gasteiger partial charge in [-0.2, -0.15) is 0 Å². The molecule has 0 saturated heterocycles. The van der Waals surface area contributed by atoms with Gasteiger partial charge in [-0.25, -0.2) is 8.42 Å². The van der Waals surface area contributed by atoms with E-state index in [1.165, 1.54) is 23.9 Å². The van der Waals surface area contributed by atoms with Gasteiger partial charge >= 0.3 is 0 Å². The fourth-order valence-electron chi connectivity index (χ4n) is 0.851. The van der Waals surface area contributed by atoms with Gasteiger partial charge in [0, 0.05) is 12.3 Å². The molecule has 13 heavy (non-hydrogen) atoms. The molecule has 0 aromatic carbocycles. The monoisotopic (exact) mass is 218 g/mol. The number of rotatable bonds is 3. The molecule has 0 bridgehead atoms. The molecular formula is C8H10O3S2. The van der Waals surface area contributed by atoms with Crippen molar-refractivity contribution >= 4 is 27.7 Å². The molecule has 0 spiro atoms. The van der Waals surface area contributed by atoms with Crippen molar-refractivity contribution in [3.05, 3.63) is 18.4 Å². The molecule has 3 nitrogen and oxygen atoms in total. The fraction of sp³-hybridized carbons (Fsp3) is 0.250. The van der Waals surface area contributed by atoms with Crippen LogP contribution in [0.5, 0.6) is 0 Å².